The number of ether oxygens (including phenoxy) is 1. The average Bonchev–Trinajstić information content (AvgIpc) is 2.56. The molecule has 0 heterocycles. The molecule has 128 valence electrons. The first kappa shape index (κ1) is 17.8. The van der Waals surface area contributed by atoms with E-state index in [0.29, 0.717) is 5.75 Å². The quantitative estimate of drug-likeness (QED) is 0.796. The fourth-order valence-corrected chi connectivity index (χ4v) is 2.11. The van der Waals surface area contributed by atoms with Gasteiger partial charge in [0.15, 0.2) is 24.1 Å². The number of aryl methyl sites for hydroxylation is 1. The summed E-state index contributed by atoms with van der Waals surface area (Å²) in [6.07, 6.45) is 0. The summed E-state index contributed by atoms with van der Waals surface area (Å²) < 4.78 is 44.8. The molecule has 1 atom stereocenters. The Balaban J connectivity index is 2.02. The number of hydrogen-bond donors (Lipinski definition) is 2. The van der Waals surface area contributed by atoms with E-state index >= 15 is 0 Å². The number of hydrogen-bond acceptors (Lipinski definition) is 3. The van der Waals surface area contributed by atoms with E-state index in [2.05, 4.69) is 5.32 Å². The Hall–Kier alpha value is -2.54. The monoisotopic (exact) mass is 339 g/mol. The van der Waals surface area contributed by atoms with Crippen LogP contribution in [0.1, 0.15) is 17.2 Å². The third-order valence-electron chi connectivity index (χ3n) is 3.38. The Morgan fingerprint density at radius 1 is 1.21 bits per heavy atom. The SMILES string of the molecule is Cc1ccccc1OCC(=O)NC(CO)c1cc(F)c(F)c(F)c1. The van der Waals surface area contributed by atoms with Crippen molar-refractivity contribution in [2.24, 2.45) is 0 Å². The van der Waals surface area contributed by atoms with Gasteiger partial charge in [-0.15, -0.1) is 0 Å². The van der Waals surface area contributed by atoms with E-state index in [4.69, 9.17) is 4.74 Å². The number of benzene rings is 2. The maximum Gasteiger partial charge on any atom is 0.258 e. The third-order valence-corrected chi connectivity index (χ3v) is 3.38. The number of nitrogens with one attached hydrogen (secondary N) is 1. The fraction of sp³-hybridized carbons (Fsp3) is 0.235. The molecule has 2 aromatic carbocycles. The normalized spacial score (nSPS) is 11.9. The molecule has 2 aromatic rings. The van der Waals surface area contributed by atoms with Gasteiger partial charge in [0.2, 0.25) is 0 Å². The summed E-state index contributed by atoms with van der Waals surface area (Å²) in [5.74, 6) is -4.47. The Morgan fingerprint density at radius 3 is 2.42 bits per heavy atom. The van der Waals surface area contributed by atoms with Crippen LogP contribution in [0.4, 0.5) is 13.2 Å². The first-order valence-electron chi connectivity index (χ1n) is 7.15. The highest BCUT2D eigenvalue weighted by Gasteiger charge is 2.19. The second-order valence-electron chi connectivity index (χ2n) is 5.16. The Kier molecular flexibility index (Phi) is 5.81. The van der Waals surface area contributed by atoms with Gasteiger partial charge >= 0.3 is 0 Å². The molecule has 0 aliphatic carbocycles. The van der Waals surface area contributed by atoms with Crippen molar-refractivity contribution in [3.05, 3.63) is 65.0 Å². The average molecular weight is 339 g/mol. The number of carbonyl (C=O) groups excluding carboxylic acids is 1. The molecule has 0 radical (unpaired) electrons. The van der Waals surface area contributed by atoms with E-state index in [9.17, 15) is 23.1 Å². The van der Waals surface area contributed by atoms with Crippen molar-refractivity contribution in [1.29, 1.82) is 0 Å². The molecule has 1 amide bonds. The fourth-order valence-electron chi connectivity index (χ4n) is 2.11. The molecule has 0 saturated carbocycles. The van der Waals surface area contributed by atoms with Gasteiger partial charge in [-0.05, 0) is 36.2 Å². The zero-order valence-electron chi connectivity index (χ0n) is 12.9. The van der Waals surface area contributed by atoms with E-state index < -0.39 is 36.0 Å². The Bertz CT molecular complexity index is 714. The maximum absolute atomic E-state index is 13.3. The van der Waals surface area contributed by atoms with Crippen LogP contribution in [0.15, 0.2) is 36.4 Å². The molecule has 0 aromatic heterocycles. The maximum atomic E-state index is 13.3. The highest BCUT2D eigenvalue weighted by Crippen LogP contribution is 2.20. The van der Waals surface area contributed by atoms with Crippen LogP contribution in [0, 0.1) is 24.4 Å². The van der Waals surface area contributed by atoms with Crippen molar-refractivity contribution in [3.63, 3.8) is 0 Å². The zero-order valence-corrected chi connectivity index (χ0v) is 12.9. The van der Waals surface area contributed by atoms with Crippen LogP contribution in [0.25, 0.3) is 0 Å². The second-order valence-corrected chi connectivity index (χ2v) is 5.16. The number of amides is 1. The molecule has 0 saturated heterocycles. The van der Waals surface area contributed by atoms with E-state index in [1.54, 1.807) is 12.1 Å². The predicted octanol–water partition coefficient (Wildman–Crippen LogP) is 2.64. The minimum Gasteiger partial charge on any atom is -0.484 e. The second kappa shape index (κ2) is 7.83. The topological polar surface area (TPSA) is 58.6 Å². The molecule has 0 spiro atoms. The number of carbonyl (C=O) groups is 1. The van der Waals surface area contributed by atoms with E-state index in [0.717, 1.165) is 17.7 Å². The molecule has 2 rings (SSSR count). The van der Waals surface area contributed by atoms with Gasteiger partial charge in [-0.25, -0.2) is 13.2 Å². The Morgan fingerprint density at radius 2 is 1.83 bits per heavy atom. The summed E-state index contributed by atoms with van der Waals surface area (Å²) in [5.41, 5.74) is 0.754. The summed E-state index contributed by atoms with van der Waals surface area (Å²) in [5, 5.41) is 11.7. The summed E-state index contributed by atoms with van der Waals surface area (Å²) in [4.78, 5) is 11.9. The van der Waals surface area contributed by atoms with Crippen LogP contribution >= 0.6 is 0 Å². The highest BCUT2D eigenvalue weighted by atomic mass is 19.2. The van der Waals surface area contributed by atoms with Gasteiger partial charge in [0.05, 0.1) is 12.6 Å². The van der Waals surface area contributed by atoms with Gasteiger partial charge < -0.3 is 15.2 Å². The largest absolute Gasteiger partial charge is 0.484 e. The molecule has 0 bridgehead atoms. The van der Waals surface area contributed by atoms with Gasteiger partial charge in [0.25, 0.3) is 5.91 Å². The minimum atomic E-state index is -1.61. The van der Waals surface area contributed by atoms with Gasteiger partial charge in [-0.3, -0.25) is 4.79 Å². The molecule has 0 fully saturated rings. The predicted molar refractivity (Wildman–Crippen MR) is 81.0 cm³/mol. The lowest BCUT2D eigenvalue weighted by Gasteiger charge is -2.17. The van der Waals surface area contributed by atoms with Crippen LogP contribution in [0.5, 0.6) is 5.75 Å². The lowest BCUT2D eigenvalue weighted by Crippen LogP contribution is -2.34. The van der Waals surface area contributed by atoms with Crippen LogP contribution in [-0.2, 0) is 4.79 Å². The van der Waals surface area contributed by atoms with Crippen LogP contribution in [-0.4, -0.2) is 24.2 Å². The molecule has 0 aliphatic heterocycles. The minimum absolute atomic E-state index is 0.0851. The van der Waals surface area contributed by atoms with Gasteiger partial charge in [-0.1, -0.05) is 18.2 Å². The first-order valence-corrected chi connectivity index (χ1v) is 7.15. The standard InChI is InChI=1S/C17H16F3NO3/c1-10-4-2-3-5-15(10)24-9-16(23)21-14(8-22)11-6-12(18)17(20)13(19)7-11/h2-7,14,22H,8-9H2,1H3,(H,21,23). The zero-order chi connectivity index (χ0) is 17.7. The number of rotatable bonds is 6. The summed E-state index contributed by atoms with van der Waals surface area (Å²) >= 11 is 0. The molecule has 1 unspecified atom stereocenters. The van der Waals surface area contributed by atoms with Crippen LogP contribution < -0.4 is 10.1 Å². The molecule has 4 nitrogen and oxygen atoms in total. The van der Waals surface area contributed by atoms with Gasteiger partial charge in [-0.2, -0.15) is 0 Å². The third kappa shape index (κ3) is 4.26. The lowest BCUT2D eigenvalue weighted by atomic mass is 10.1. The molecular formula is C17H16F3NO3. The van der Waals surface area contributed by atoms with E-state index in [1.807, 2.05) is 19.1 Å². The highest BCUT2D eigenvalue weighted by molar-refractivity contribution is 5.78. The van der Waals surface area contributed by atoms with Crippen molar-refractivity contribution in [2.75, 3.05) is 13.2 Å². The Labute approximate surface area is 136 Å². The molecular weight excluding hydrogens is 323 g/mol. The van der Waals surface area contributed by atoms with E-state index in [1.165, 1.54) is 0 Å². The van der Waals surface area contributed by atoms with Crippen molar-refractivity contribution in [2.45, 2.75) is 13.0 Å². The number of para-hydroxylation sites is 1. The summed E-state index contributed by atoms with van der Waals surface area (Å²) in [7, 11) is 0. The molecule has 7 heteroatoms. The molecule has 2 N–H and O–H groups in total. The van der Waals surface area contributed by atoms with Gasteiger partial charge in [0.1, 0.15) is 5.75 Å². The van der Waals surface area contributed by atoms with E-state index in [-0.39, 0.29) is 12.2 Å². The molecule has 24 heavy (non-hydrogen) atoms. The number of aliphatic hydroxyl groups excluding tert-OH is 1. The first-order chi connectivity index (χ1) is 11.4. The lowest BCUT2D eigenvalue weighted by molar-refractivity contribution is -0.124. The number of halogens is 3. The van der Waals surface area contributed by atoms with Crippen molar-refractivity contribution in [3.8, 4) is 5.75 Å². The summed E-state index contributed by atoms with van der Waals surface area (Å²) in [6.45, 7) is 0.863. The summed E-state index contributed by atoms with van der Waals surface area (Å²) in [6, 6.07) is 7.44. The van der Waals surface area contributed by atoms with Crippen molar-refractivity contribution >= 4 is 5.91 Å². The van der Waals surface area contributed by atoms with Crippen LogP contribution in [0.3, 0.4) is 0 Å². The smallest absolute Gasteiger partial charge is 0.258 e. The van der Waals surface area contributed by atoms with Crippen LogP contribution in [0.2, 0.25) is 0 Å². The van der Waals surface area contributed by atoms with Crippen molar-refractivity contribution in [1.82, 2.24) is 5.32 Å². The number of aliphatic hydroxyl groups is 1. The van der Waals surface area contributed by atoms with Crippen molar-refractivity contribution < 1.29 is 27.8 Å². The van der Waals surface area contributed by atoms with Gasteiger partial charge in [0, 0.05) is 0 Å². The molecule has 0 aliphatic rings.